The Morgan fingerprint density at radius 2 is 1.71 bits per heavy atom. The molecule has 0 aromatic rings. The van der Waals surface area contributed by atoms with Gasteiger partial charge in [-0.3, -0.25) is 0 Å². The van der Waals surface area contributed by atoms with E-state index in [9.17, 15) is 13.2 Å². The molecule has 6 heteroatoms. The predicted molar refractivity (Wildman–Crippen MR) is 69.3 cm³/mol. The van der Waals surface area contributed by atoms with Crippen LogP contribution in [0.2, 0.25) is 0 Å². The van der Waals surface area contributed by atoms with Gasteiger partial charge in [0.2, 0.25) is 10.0 Å². The second kappa shape index (κ2) is 6.83. The van der Waals surface area contributed by atoms with Crippen molar-refractivity contribution in [2.45, 2.75) is 58.9 Å². The fraction of sp³-hybridized carbons (Fsp3) is 0.909. The lowest BCUT2D eigenvalue weighted by Gasteiger charge is -2.20. The van der Waals surface area contributed by atoms with Crippen LogP contribution in [0.3, 0.4) is 0 Å². The normalized spacial score (nSPS) is 12.2. The first-order chi connectivity index (χ1) is 7.66. The van der Waals surface area contributed by atoms with Crippen LogP contribution >= 0.6 is 0 Å². The number of sulfonamides is 1. The molecule has 0 spiro atoms. The van der Waals surface area contributed by atoms with E-state index < -0.39 is 21.6 Å². The van der Waals surface area contributed by atoms with Crippen molar-refractivity contribution in [1.29, 1.82) is 0 Å². The van der Waals surface area contributed by atoms with E-state index >= 15 is 0 Å². The van der Waals surface area contributed by atoms with Crippen molar-refractivity contribution in [2.75, 3.05) is 5.75 Å². The number of urea groups is 1. The second-order valence-corrected chi connectivity index (χ2v) is 7.03. The summed E-state index contributed by atoms with van der Waals surface area (Å²) in [4.78, 5) is 11.4. The third-order valence-corrected chi connectivity index (χ3v) is 3.33. The maximum atomic E-state index is 11.5. The molecule has 0 radical (unpaired) electrons. The third kappa shape index (κ3) is 10.1. The van der Waals surface area contributed by atoms with E-state index in [2.05, 4.69) is 12.2 Å². The molecule has 0 saturated heterocycles. The lowest BCUT2D eigenvalue weighted by Crippen LogP contribution is -2.48. The highest BCUT2D eigenvalue weighted by Gasteiger charge is 2.18. The van der Waals surface area contributed by atoms with Crippen LogP contribution in [0.15, 0.2) is 0 Å². The molecule has 5 nitrogen and oxygen atoms in total. The summed E-state index contributed by atoms with van der Waals surface area (Å²) < 4.78 is 25.0. The number of unbranched alkanes of at least 4 members (excludes halogenated alkanes) is 3. The van der Waals surface area contributed by atoms with E-state index in [1.807, 2.05) is 4.72 Å². The van der Waals surface area contributed by atoms with Gasteiger partial charge in [0.1, 0.15) is 0 Å². The highest BCUT2D eigenvalue weighted by molar-refractivity contribution is 7.90. The SMILES string of the molecule is CCCCCCS(=O)(=O)NC(=O)NC(C)(C)C. The molecule has 0 unspecified atom stereocenters. The average molecular weight is 264 g/mol. The summed E-state index contributed by atoms with van der Waals surface area (Å²) in [6.45, 7) is 7.44. The van der Waals surface area contributed by atoms with Gasteiger partial charge in [-0.1, -0.05) is 26.2 Å². The molecule has 0 aromatic carbocycles. The van der Waals surface area contributed by atoms with E-state index in [1.165, 1.54) is 0 Å². The molecule has 0 aliphatic rings. The molecular weight excluding hydrogens is 240 g/mol. The Bertz CT molecular complexity index is 331. The molecule has 0 saturated carbocycles. The number of hydrogen-bond acceptors (Lipinski definition) is 3. The van der Waals surface area contributed by atoms with Crippen LogP contribution in [0, 0.1) is 0 Å². The number of carbonyl (C=O) groups excluding carboxylic acids is 1. The molecule has 0 heterocycles. The Labute approximate surface area is 104 Å². The lowest BCUT2D eigenvalue weighted by atomic mass is 10.1. The van der Waals surface area contributed by atoms with Gasteiger partial charge in [0.15, 0.2) is 0 Å². The predicted octanol–water partition coefficient (Wildman–Crippen LogP) is 1.99. The van der Waals surface area contributed by atoms with Crippen molar-refractivity contribution in [3.05, 3.63) is 0 Å². The molecule has 17 heavy (non-hydrogen) atoms. The monoisotopic (exact) mass is 264 g/mol. The topological polar surface area (TPSA) is 75.3 Å². The zero-order chi connectivity index (χ0) is 13.5. The maximum absolute atomic E-state index is 11.5. The van der Waals surface area contributed by atoms with Gasteiger partial charge in [-0.25, -0.2) is 17.9 Å². The molecule has 0 aromatic heterocycles. The fourth-order valence-electron chi connectivity index (χ4n) is 1.28. The van der Waals surface area contributed by atoms with Crippen molar-refractivity contribution in [3.8, 4) is 0 Å². The van der Waals surface area contributed by atoms with Crippen LogP contribution in [0.5, 0.6) is 0 Å². The molecule has 102 valence electrons. The first-order valence-corrected chi connectivity index (χ1v) is 7.64. The number of amides is 2. The summed E-state index contributed by atoms with van der Waals surface area (Å²) in [7, 11) is -3.50. The molecule has 0 fully saturated rings. The minimum Gasteiger partial charge on any atom is -0.333 e. The summed E-state index contributed by atoms with van der Waals surface area (Å²) in [6, 6.07) is -0.659. The van der Waals surface area contributed by atoms with Gasteiger partial charge in [-0.15, -0.1) is 0 Å². The van der Waals surface area contributed by atoms with Gasteiger partial charge in [0.05, 0.1) is 5.75 Å². The zero-order valence-corrected chi connectivity index (χ0v) is 12.0. The van der Waals surface area contributed by atoms with Crippen LogP contribution in [-0.4, -0.2) is 25.7 Å². The zero-order valence-electron chi connectivity index (χ0n) is 11.2. The van der Waals surface area contributed by atoms with Crippen molar-refractivity contribution < 1.29 is 13.2 Å². The molecule has 0 atom stereocenters. The van der Waals surface area contributed by atoms with Gasteiger partial charge in [0, 0.05) is 5.54 Å². The van der Waals surface area contributed by atoms with Crippen molar-refractivity contribution in [1.82, 2.24) is 10.0 Å². The Morgan fingerprint density at radius 3 is 2.18 bits per heavy atom. The Morgan fingerprint density at radius 1 is 1.12 bits per heavy atom. The highest BCUT2D eigenvalue weighted by atomic mass is 32.2. The smallest absolute Gasteiger partial charge is 0.328 e. The number of nitrogens with one attached hydrogen (secondary N) is 2. The van der Waals surface area contributed by atoms with Crippen molar-refractivity contribution >= 4 is 16.1 Å². The summed E-state index contributed by atoms with van der Waals surface area (Å²) in [6.07, 6.45) is 3.53. The summed E-state index contributed by atoms with van der Waals surface area (Å²) in [5.74, 6) is 0.00453. The molecule has 2 amide bonds. The average Bonchev–Trinajstić information content (AvgIpc) is 2.08. The Kier molecular flexibility index (Phi) is 6.52. The molecule has 0 rings (SSSR count). The summed E-state index contributed by atoms with van der Waals surface area (Å²) >= 11 is 0. The van der Waals surface area contributed by atoms with Crippen molar-refractivity contribution in [3.63, 3.8) is 0 Å². The molecular formula is C11H24N2O3S. The minimum atomic E-state index is -3.50. The molecule has 2 N–H and O–H groups in total. The van der Waals surface area contributed by atoms with Gasteiger partial charge >= 0.3 is 6.03 Å². The molecule has 0 aliphatic carbocycles. The van der Waals surface area contributed by atoms with Crippen LogP contribution in [0.1, 0.15) is 53.4 Å². The third-order valence-electron chi connectivity index (χ3n) is 2.00. The molecule has 0 aliphatic heterocycles. The highest BCUT2D eigenvalue weighted by Crippen LogP contribution is 2.02. The first kappa shape index (κ1) is 16.2. The number of hydrogen-bond donors (Lipinski definition) is 2. The number of carbonyl (C=O) groups is 1. The van der Waals surface area contributed by atoms with E-state index in [4.69, 9.17) is 0 Å². The van der Waals surface area contributed by atoms with E-state index in [0.29, 0.717) is 6.42 Å². The summed E-state index contributed by atoms with van der Waals surface area (Å²) in [5.41, 5.74) is -0.443. The van der Waals surface area contributed by atoms with Crippen LogP contribution < -0.4 is 10.0 Å². The summed E-state index contributed by atoms with van der Waals surface area (Å²) in [5, 5.41) is 2.55. The van der Waals surface area contributed by atoms with Crippen molar-refractivity contribution in [2.24, 2.45) is 0 Å². The Hall–Kier alpha value is -0.780. The van der Waals surface area contributed by atoms with Crippen LogP contribution in [0.4, 0.5) is 4.79 Å². The standard InChI is InChI=1S/C11H24N2O3S/c1-5-6-7-8-9-17(15,16)13-10(14)12-11(2,3)4/h5-9H2,1-4H3,(H2,12,13,14). The van der Waals surface area contributed by atoms with Gasteiger partial charge in [-0.05, 0) is 27.2 Å². The van der Waals surface area contributed by atoms with Gasteiger partial charge in [0.25, 0.3) is 0 Å². The number of rotatable bonds is 6. The van der Waals surface area contributed by atoms with E-state index in [-0.39, 0.29) is 5.75 Å². The first-order valence-electron chi connectivity index (χ1n) is 5.99. The largest absolute Gasteiger partial charge is 0.333 e. The maximum Gasteiger partial charge on any atom is 0.328 e. The fourth-order valence-corrected chi connectivity index (χ4v) is 2.30. The lowest BCUT2D eigenvalue weighted by molar-refractivity contribution is 0.237. The van der Waals surface area contributed by atoms with E-state index in [1.54, 1.807) is 20.8 Å². The van der Waals surface area contributed by atoms with Gasteiger partial charge in [-0.2, -0.15) is 0 Å². The van der Waals surface area contributed by atoms with E-state index in [0.717, 1.165) is 19.3 Å². The minimum absolute atomic E-state index is 0.00453. The quantitative estimate of drug-likeness (QED) is 0.720. The molecule has 0 bridgehead atoms. The Balaban J connectivity index is 4.04. The van der Waals surface area contributed by atoms with Crippen LogP contribution in [0.25, 0.3) is 0 Å². The van der Waals surface area contributed by atoms with Crippen LogP contribution in [-0.2, 0) is 10.0 Å². The van der Waals surface area contributed by atoms with Gasteiger partial charge < -0.3 is 5.32 Å². The second-order valence-electron chi connectivity index (χ2n) is 5.19.